The third-order valence-electron chi connectivity index (χ3n) is 4.21. The van der Waals surface area contributed by atoms with Crippen molar-refractivity contribution in [1.82, 2.24) is 15.1 Å². The molecule has 2 amide bonds. The molecule has 0 saturated carbocycles. The van der Waals surface area contributed by atoms with Crippen molar-refractivity contribution in [2.24, 2.45) is 0 Å². The zero-order valence-corrected chi connectivity index (χ0v) is 13.2. The number of ether oxygens (including phenoxy) is 1. The second-order valence-electron chi connectivity index (χ2n) is 5.74. The number of likely N-dealkylation sites (N-methyl/N-ethyl adjacent to an activating group) is 1. The monoisotopic (exact) mass is 315 g/mol. The fraction of sp³-hybridized carbons (Fsp3) is 0.412. The van der Waals surface area contributed by atoms with Gasteiger partial charge in [0.15, 0.2) is 0 Å². The largest absolute Gasteiger partial charge is 0.488 e. The molecule has 1 saturated heterocycles. The number of para-hydroxylation sites is 1. The standard InChI is InChI=1S/C17H21N3O3/c1-18-16(21)11-19-6-8-20(9-7-19)17(22)14-10-13-4-2-3-5-15(13)23-12-14/h2-5,10H,6-9,11-12H2,1H3,(H,18,21). The van der Waals surface area contributed by atoms with Gasteiger partial charge in [-0.05, 0) is 12.1 Å². The summed E-state index contributed by atoms with van der Waals surface area (Å²) in [5.74, 6) is 0.850. The Hall–Kier alpha value is -2.34. The highest BCUT2D eigenvalue weighted by atomic mass is 16.5. The number of benzene rings is 1. The minimum Gasteiger partial charge on any atom is -0.488 e. The van der Waals surface area contributed by atoms with Gasteiger partial charge in [-0.3, -0.25) is 14.5 Å². The van der Waals surface area contributed by atoms with Crippen LogP contribution >= 0.6 is 0 Å². The number of nitrogens with one attached hydrogen (secondary N) is 1. The highest BCUT2D eigenvalue weighted by Crippen LogP contribution is 2.26. The summed E-state index contributed by atoms with van der Waals surface area (Å²) >= 11 is 0. The molecule has 122 valence electrons. The van der Waals surface area contributed by atoms with Crippen molar-refractivity contribution in [3.8, 4) is 5.75 Å². The Morgan fingerprint density at radius 1 is 1.17 bits per heavy atom. The van der Waals surface area contributed by atoms with Crippen LogP contribution in [0.3, 0.4) is 0 Å². The zero-order valence-electron chi connectivity index (χ0n) is 13.2. The lowest BCUT2D eigenvalue weighted by molar-refractivity contribution is -0.129. The van der Waals surface area contributed by atoms with E-state index in [2.05, 4.69) is 10.2 Å². The van der Waals surface area contributed by atoms with Crippen molar-refractivity contribution in [2.45, 2.75) is 0 Å². The Labute approximate surface area is 135 Å². The molecule has 1 aromatic rings. The molecule has 0 spiro atoms. The Bertz CT molecular complexity index is 634. The Morgan fingerprint density at radius 2 is 1.91 bits per heavy atom. The van der Waals surface area contributed by atoms with Crippen LogP contribution in [0, 0.1) is 0 Å². The van der Waals surface area contributed by atoms with Crippen molar-refractivity contribution in [3.05, 3.63) is 35.4 Å². The molecule has 0 radical (unpaired) electrons. The van der Waals surface area contributed by atoms with Gasteiger partial charge in [-0.15, -0.1) is 0 Å². The van der Waals surface area contributed by atoms with Crippen LogP contribution in [-0.2, 0) is 9.59 Å². The van der Waals surface area contributed by atoms with Crippen LogP contribution < -0.4 is 10.1 Å². The number of amides is 2. The maximum Gasteiger partial charge on any atom is 0.253 e. The highest BCUT2D eigenvalue weighted by Gasteiger charge is 2.26. The second-order valence-corrected chi connectivity index (χ2v) is 5.74. The average molecular weight is 315 g/mol. The minimum absolute atomic E-state index is 0.00442. The number of piperazine rings is 1. The summed E-state index contributed by atoms with van der Waals surface area (Å²) in [5.41, 5.74) is 1.63. The lowest BCUT2D eigenvalue weighted by atomic mass is 10.1. The molecule has 0 aromatic heterocycles. The van der Waals surface area contributed by atoms with E-state index in [1.165, 1.54) is 0 Å². The zero-order chi connectivity index (χ0) is 16.2. The first-order valence-corrected chi connectivity index (χ1v) is 7.82. The van der Waals surface area contributed by atoms with E-state index in [4.69, 9.17) is 4.74 Å². The van der Waals surface area contributed by atoms with Crippen molar-refractivity contribution in [3.63, 3.8) is 0 Å². The summed E-state index contributed by atoms with van der Waals surface area (Å²) in [6, 6.07) is 7.71. The Balaban J connectivity index is 1.60. The number of carbonyl (C=O) groups is 2. The molecule has 0 unspecified atom stereocenters. The third-order valence-corrected chi connectivity index (χ3v) is 4.21. The van der Waals surface area contributed by atoms with Gasteiger partial charge in [-0.1, -0.05) is 18.2 Å². The summed E-state index contributed by atoms with van der Waals surface area (Å²) in [5, 5.41) is 2.62. The van der Waals surface area contributed by atoms with E-state index in [0.29, 0.717) is 44.9 Å². The molecular weight excluding hydrogens is 294 g/mol. The van der Waals surface area contributed by atoms with Gasteiger partial charge in [0, 0.05) is 38.8 Å². The molecule has 6 heteroatoms. The van der Waals surface area contributed by atoms with E-state index in [9.17, 15) is 9.59 Å². The van der Waals surface area contributed by atoms with E-state index < -0.39 is 0 Å². The quantitative estimate of drug-likeness (QED) is 0.874. The molecule has 2 heterocycles. The molecule has 0 bridgehead atoms. The first kappa shape index (κ1) is 15.6. The first-order valence-electron chi connectivity index (χ1n) is 7.82. The topological polar surface area (TPSA) is 61.9 Å². The summed E-state index contributed by atoms with van der Waals surface area (Å²) in [7, 11) is 1.63. The smallest absolute Gasteiger partial charge is 0.253 e. The van der Waals surface area contributed by atoms with Crippen LogP contribution in [0.4, 0.5) is 0 Å². The van der Waals surface area contributed by atoms with Crippen LogP contribution in [0.25, 0.3) is 6.08 Å². The fourth-order valence-electron chi connectivity index (χ4n) is 2.83. The van der Waals surface area contributed by atoms with E-state index in [1.54, 1.807) is 7.05 Å². The van der Waals surface area contributed by atoms with E-state index in [0.717, 1.165) is 11.3 Å². The van der Waals surface area contributed by atoms with Crippen LogP contribution in [0.2, 0.25) is 0 Å². The van der Waals surface area contributed by atoms with Gasteiger partial charge in [0.1, 0.15) is 12.4 Å². The predicted molar refractivity (Wildman–Crippen MR) is 87.0 cm³/mol. The van der Waals surface area contributed by atoms with E-state index in [-0.39, 0.29) is 11.8 Å². The number of nitrogens with zero attached hydrogens (tertiary/aromatic N) is 2. The van der Waals surface area contributed by atoms with Gasteiger partial charge in [-0.25, -0.2) is 0 Å². The van der Waals surface area contributed by atoms with Crippen molar-refractivity contribution in [1.29, 1.82) is 0 Å². The minimum atomic E-state index is 0.00442. The molecule has 1 N–H and O–H groups in total. The normalized spacial score (nSPS) is 17.8. The molecule has 1 aromatic carbocycles. The number of hydrogen-bond acceptors (Lipinski definition) is 4. The summed E-state index contributed by atoms with van der Waals surface area (Å²) in [6.07, 6.45) is 1.91. The maximum atomic E-state index is 12.6. The molecule has 0 aliphatic carbocycles. The SMILES string of the molecule is CNC(=O)CN1CCN(C(=O)C2=Cc3ccccc3OC2)CC1. The second kappa shape index (κ2) is 6.83. The van der Waals surface area contributed by atoms with Gasteiger partial charge in [0.25, 0.3) is 5.91 Å². The molecule has 0 atom stereocenters. The van der Waals surface area contributed by atoms with Gasteiger partial charge < -0.3 is 15.0 Å². The van der Waals surface area contributed by atoms with E-state index >= 15 is 0 Å². The van der Waals surface area contributed by atoms with Crippen molar-refractivity contribution >= 4 is 17.9 Å². The molecule has 1 fully saturated rings. The molecule has 23 heavy (non-hydrogen) atoms. The van der Waals surface area contributed by atoms with Gasteiger partial charge in [0.2, 0.25) is 5.91 Å². The number of fused-ring (bicyclic) bond motifs is 1. The molecule has 2 aliphatic rings. The van der Waals surface area contributed by atoms with Gasteiger partial charge in [0.05, 0.1) is 12.1 Å². The highest BCUT2D eigenvalue weighted by molar-refractivity contribution is 5.99. The Kier molecular flexibility index (Phi) is 4.62. The summed E-state index contributed by atoms with van der Waals surface area (Å²) in [4.78, 5) is 27.9. The van der Waals surface area contributed by atoms with E-state index in [1.807, 2.05) is 35.2 Å². The van der Waals surface area contributed by atoms with Crippen LogP contribution in [0.1, 0.15) is 5.56 Å². The Morgan fingerprint density at radius 3 is 2.65 bits per heavy atom. The summed E-state index contributed by atoms with van der Waals surface area (Å²) < 4.78 is 5.66. The lowest BCUT2D eigenvalue weighted by Gasteiger charge is -2.35. The third kappa shape index (κ3) is 3.53. The average Bonchev–Trinajstić information content (AvgIpc) is 2.61. The lowest BCUT2D eigenvalue weighted by Crippen LogP contribution is -2.51. The predicted octanol–water partition coefficient (Wildman–Crippen LogP) is 0.353. The first-order chi connectivity index (χ1) is 11.2. The van der Waals surface area contributed by atoms with Crippen LogP contribution in [0.5, 0.6) is 5.75 Å². The van der Waals surface area contributed by atoms with Gasteiger partial charge in [-0.2, -0.15) is 0 Å². The van der Waals surface area contributed by atoms with Crippen LogP contribution in [0.15, 0.2) is 29.8 Å². The number of rotatable bonds is 3. The maximum absolute atomic E-state index is 12.6. The van der Waals surface area contributed by atoms with Crippen molar-refractivity contribution in [2.75, 3.05) is 46.4 Å². The molecule has 6 nitrogen and oxygen atoms in total. The fourth-order valence-corrected chi connectivity index (χ4v) is 2.83. The number of carbonyl (C=O) groups excluding carboxylic acids is 2. The van der Waals surface area contributed by atoms with Crippen LogP contribution in [-0.4, -0.2) is 68.0 Å². The summed E-state index contributed by atoms with van der Waals surface area (Å²) in [6.45, 7) is 3.39. The molecular formula is C17H21N3O3. The molecule has 3 rings (SSSR count). The van der Waals surface area contributed by atoms with Crippen molar-refractivity contribution < 1.29 is 14.3 Å². The number of hydrogen-bond donors (Lipinski definition) is 1. The van der Waals surface area contributed by atoms with Gasteiger partial charge >= 0.3 is 0 Å². The molecule has 2 aliphatic heterocycles.